The van der Waals surface area contributed by atoms with Crippen LogP contribution in [0, 0.1) is 0 Å². The first-order chi connectivity index (χ1) is 9.29. The van der Waals surface area contributed by atoms with Crippen molar-refractivity contribution in [3.63, 3.8) is 0 Å². The number of primary amides is 1. The average molecular weight is 344 g/mol. The molecule has 0 atom stereocenters. The largest absolute Gasteiger partial charge is 0.416 e. The lowest BCUT2D eigenvalue weighted by Crippen LogP contribution is -2.11. The molecule has 20 heavy (non-hydrogen) atoms. The van der Waals surface area contributed by atoms with Gasteiger partial charge in [0.05, 0.1) is 11.1 Å². The Labute approximate surface area is 121 Å². The number of rotatable bonds is 2. The van der Waals surface area contributed by atoms with Gasteiger partial charge in [0.2, 0.25) is 5.91 Å². The maximum atomic E-state index is 12.7. The number of hydrogen-bond donors (Lipinski definition) is 1. The van der Waals surface area contributed by atoms with Gasteiger partial charge in [-0.3, -0.25) is 4.79 Å². The summed E-state index contributed by atoms with van der Waals surface area (Å²) in [7, 11) is 0. The van der Waals surface area contributed by atoms with Crippen LogP contribution in [0.25, 0.3) is 11.1 Å². The first-order valence-electron chi connectivity index (χ1n) is 5.56. The Balaban J connectivity index is 2.52. The fourth-order valence-electron chi connectivity index (χ4n) is 1.77. The van der Waals surface area contributed by atoms with Crippen molar-refractivity contribution < 1.29 is 18.0 Å². The molecule has 0 heterocycles. The lowest BCUT2D eigenvalue weighted by molar-refractivity contribution is -0.137. The molecule has 6 heteroatoms. The molecule has 0 aromatic heterocycles. The van der Waals surface area contributed by atoms with E-state index in [1.54, 1.807) is 18.2 Å². The smallest absolute Gasteiger partial charge is 0.366 e. The van der Waals surface area contributed by atoms with E-state index in [0.29, 0.717) is 15.6 Å². The molecule has 0 saturated heterocycles. The van der Waals surface area contributed by atoms with Crippen molar-refractivity contribution in [1.29, 1.82) is 0 Å². The van der Waals surface area contributed by atoms with Gasteiger partial charge in [0.25, 0.3) is 0 Å². The van der Waals surface area contributed by atoms with E-state index in [1.807, 2.05) is 0 Å². The van der Waals surface area contributed by atoms with E-state index < -0.39 is 17.6 Å². The van der Waals surface area contributed by atoms with E-state index in [4.69, 9.17) is 5.73 Å². The highest BCUT2D eigenvalue weighted by atomic mass is 79.9. The Hall–Kier alpha value is -1.82. The van der Waals surface area contributed by atoms with Gasteiger partial charge in [-0.25, -0.2) is 0 Å². The van der Waals surface area contributed by atoms with Crippen LogP contribution < -0.4 is 5.73 Å². The molecule has 0 fully saturated rings. The van der Waals surface area contributed by atoms with E-state index in [0.717, 1.165) is 12.1 Å². The molecule has 2 N–H and O–H groups in total. The number of hydrogen-bond acceptors (Lipinski definition) is 1. The maximum Gasteiger partial charge on any atom is 0.416 e. The SMILES string of the molecule is NC(=O)c1cc(-c2cccc(C(F)(F)F)c2)ccc1Br. The molecule has 0 bridgehead atoms. The summed E-state index contributed by atoms with van der Waals surface area (Å²) in [5, 5.41) is 0. The molecule has 2 nitrogen and oxygen atoms in total. The molecule has 0 aliphatic carbocycles. The van der Waals surface area contributed by atoms with Crippen LogP contribution in [-0.2, 0) is 6.18 Å². The minimum absolute atomic E-state index is 0.222. The number of benzene rings is 2. The van der Waals surface area contributed by atoms with E-state index in [-0.39, 0.29) is 5.56 Å². The van der Waals surface area contributed by atoms with Crippen LogP contribution in [-0.4, -0.2) is 5.91 Å². The minimum Gasteiger partial charge on any atom is -0.366 e. The zero-order valence-corrected chi connectivity index (χ0v) is 11.6. The van der Waals surface area contributed by atoms with Gasteiger partial charge in [-0.2, -0.15) is 13.2 Å². The molecule has 0 radical (unpaired) electrons. The van der Waals surface area contributed by atoms with Crippen molar-refractivity contribution in [2.75, 3.05) is 0 Å². The zero-order valence-electron chi connectivity index (χ0n) is 10.0. The first-order valence-corrected chi connectivity index (χ1v) is 6.35. The third-order valence-corrected chi connectivity index (χ3v) is 3.45. The van der Waals surface area contributed by atoms with Gasteiger partial charge in [-0.15, -0.1) is 0 Å². The predicted octanol–water partition coefficient (Wildman–Crippen LogP) is 4.23. The van der Waals surface area contributed by atoms with Gasteiger partial charge >= 0.3 is 6.18 Å². The molecule has 2 aromatic rings. The number of nitrogens with two attached hydrogens (primary N) is 1. The number of carbonyl (C=O) groups is 1. The van der Waals surface area contributed by atoms with Gasteiger partial charge in [0.15, 0.2) is 0 Å². The van der Waals surface area contributed by atoms with Gasteiger partial charge < -0.3 is 5.73 Å². The summed E-state index contributed by atoms with van der Waals surface area (Å²) in [4.78, 5) is 11.2. The molecule has 0 aliphatic rings. The van der Waals surface area contributed by atoms with Crippen molar-refractivity contribution in [3.8, 4) is 11.1 Å². The Bertz CT molecular complexity index is 668. The summed E-state index contributed by atoms with van der Waals surface area (Å²) < 4.78 is 38.5. The third-order valence-electron chi connectivity index (χ3n) is 2.76. The molecule has 0 unspecified atom stereocenters. The molecular formula is C14H9BrF3NO. The highest BCUT2D eigenvalue weighted by Crippen LogP contribution is 2.33. The monoisotopic (exact) mass is 343 g/mol. The van der Waals surface area contributed by atoms with Gasteiger partial charge in [0, 0.05) is 4.47 Å². The Morgan fingerprint density at radius 1 is 1.05 bits per heavy atom. The number of amides is 1. The second kappa shape index (κ2) is 5.28. The van der Waals surface area contributed by atoms with Crippen molar-refractivity contribution in [2.45, 2.75) is 6.18 Å². The van der Waals surface area contributed by atoms with E-state index in [1.165, 1.54) is 12.1 Å². The summed E-state index contributed by atoms with van der Waals surface area (Å²) in [6, 6.07) is 9.56. The molecule has 2 rings (SSSR count). The van der Waals surface area contributed by atoms with Crippen molar-refractivity contribution in [2.24, 2.45) is 5.73 Å². The standard InChI is InChI=1S/C14H9BrF3NO/c15-12-5-4-9(7-11(12)13(19)20)8-2-1-3-10(6-8)14(16,17)18/h1-7H,(H2,19,20). The summed E-state index contributed by atoms with van der Waals surface area (Å²) in [6.07, 6.45) is -4.40. The third kappa shape index (κ3) is 3.01. The molecule has 2 aromatic carbocycles. The molecule has 0 spiro atoms. The topological polar surface area (TPSA) is 43.1 Å². The number of halogens is 4. The van der Waals surface area contributed by atoms with Gasteiger partial charge in [0.1, 0.15) is 0 Å². The van der Waals surface area contributed by atoms with Crippen LogP contribution in [0.15, 0.2) is 46.9 Å². The van der Waals surface area contributed by atoms with Crippen LogP contribution in [0.2, 0.25) is 0 Å². The number of carbonyl (C=O) groups excluding carboxylic acids is 1. The minimum atomic E-state index is -4.40. The normalized spacial score (nSPS) is 11.4. The second-order valence-corrected chi connectivity index (χ2v) is 4.99. The molecular weight excluding hydrogens is 335 g/mol. The van der Waals surface area contributed by atoms with Crippen LogP contribution in [0.5, 0.6) is 0 Å². The second-order valence-electron chi connectivity index (χ2n) is 4.14. The molecule has 0 aliphatic heterocycles. The molecule has 1 amide bonds. The van der Waals surface area contributed by atoms with Crippen LogP contribution in [0.3, 0.4) is 0 Å². The Morgan fingerprint density at radius 2 is 1.70 bits per heavy atom. The maximum absolute atomic E-state index is 12.7. The summed E-state index contributed by atoms with van der Waals surface area (Å²) in [5.41, 5.74) is 5.56. The highest BCUT2D eigenvalue weighted by Gasteiger charge is 2.30. The first kappa shape index (κ1) is 14.6. The zero-order chi connectivity index (χ0) is 14.9. The summed E-state index contributed by atoms with van der Waals surface area (Å²) in [6.45, 7) is 0. The average Bonchev–Trinajstić information content (AvgIpc) is 2.38. The number of alkyl halides is 3. The predicted molar refractivity (Wildman–Crippen MR) is 73.1 cm³/mol. The van der Waals surface area contributed by atoms with E-state index >= 15 is 0 Å². The van der Waals surface area contributed by atoms with Gasteiger partial charge in [-0.05, 0) is 51.3 Å². The van der Waals surface area contributed by atoms with E-state index in [9.17, 15) is 18.0 Å². The highest BCUT2D eigenvalue weighted by molar-refractivity contribution is 9.10. The van der Waals surface area contributed by atoms with Crippen LogP contribution in [0.4, 0.5) is 13.2 Å². The van der Waals surface area contributed by atoms with Crippen LogP contribution in [0.1, 0.15) is 15.9 Å². The molecule has 0 saturated carbocycles. The van der Waals surface area contributed by atoms with Crippen molar-refractivity contribution in [3.05, 3.63) is 58.1 Å². The fourth-order valence-corrected chi connectivity index (χ4v) is 2.21. The lowest BCUT2D eigenvalue weighted by Gasteiger charge is -2.10. The quantitative estimate of drug-likeness (QED) is 0.870. The Kier molecular flexibility index (Phi) is 3.85. The van der Waals surface area contributed by atoms with Crippen molar-refractivity contribution >= 4 is 21.8 Å². The van der Waals surface area contributed by atoms with Crippen molar-refractivity contribution in [1.82, 2.24) is 0 Å². The molecule has 104 valence electrons. The summed E-state index contributed by atoms with van der Waals surface area (Å²) in [5.74, 6) is -0.647. The van der Waals surface area contributed by atoms with Crippen LogP contribution >= 0.6 is 15.9 Å². The lowest BCUT2D eigenvalue weighted by atomic mass is 10.0. The Morgan fingerprint density at radius 3 is 2.30 bits per heavy atom. The fraction of sp³-hybridized carbons (Fsp3) is 0.0714. The van der Waals surface area contributed by atoms with E-state index in [2.05, 4.69) is 15.9 Å². The summed E-state index contributed by atoms with van der Waals surface area (Å²) >= 11 is 3.17. The van der Waals surface area contributed by atoms with Gasteiger partial charge in [-0.1, -0.05) is 18.2 Å².